The van der Waals surface area contributed by atoms with Crippen molar-refractivity contribution in [3.8, 4) is 5.75 Å². The molecule has 2 aromatic heterocycles. The zero-order valence-corrected chi connectivity index (χ0v) is 7.25. The summed E-state index contributed by atoms with van der Waals surface area (Å²) in [4.78, 5) is 0. The highest BCUT2D eigenvalue weighted by Gasteiger charge is 2.01. The second-order valence-electron chi connectivity index (χ2n) is 3.14. The van der Waals surface area contributed by atoms with E-state index in [0.29, 0.717) is 0 Å². The average Bonchev–Trinajstić information content (AvgIpc) is 2.65. The number of benzene rings is 1. The Morgan fingerprint density at radius 1 is 1.14 bits per heavy atom. The van der Waals surface area contributed by atoms with Gasteiger partial charge in [-0.2, -0.15) is 0 Å². The first-order valence-corrected chi connectivity index (χ1v) is 4.26. The molecule has 0 atom stereocenters. The topological polar surface area (TPSA) is 50.4 Å². The minimum absolute atomic E-state index is 0.249. The van der Waals surface area contributed by atoms with Gasteiger partial charge in [0.05, 0.1) is 5.52 Å². The van der Waals surface area contributed by atoms with Crippen LogP contribution in [0.3, 0.4) is 0 Å². The number of fused-ring (bicyclic) bond motifs is 3. The molecule has 2 heterocycles. The van der Waals surface area contributed by atoms with Crippen LogP contribution in [0.5, 0.6) is 5.75 Å². The number of nitrogens with zero attached hydrogens (tertiary/aromatic N) is 3. The van der Waals surface area contributed by atoms with Gasteiger partial charge in [-0.05, 0) is 29.7 Å². The first-order valence-electron chi connectivity index (χ1n) is 4.26. The fourth-order valence-electron chi connectivity index (χ4n) is 1.59. The summed E-state index contributed by atoms with van der Waals surface area (Å²) in [6.45, 7) is 0. The molecule has 0 spiro atoms. The molecule has 0 saturated carbocycles. The lowest BCUT2D eigenvalue weighted by atomic mass is 10.2. The van der Waals surface area contributed by atoms with E-state index < -0.39 is 0 Å². The molecule has 3 rings (SSSR count). The van der Waals surface area contributed by atoms with Crippen molar-refractivity contribution in [2.24, 2.45) is 0 Å². The standard InChI is InChI=1S/C10H7N3O/c14-8-3-1-7-2-4-10-12-11-6-13(10)9(7)5-8/h1-6,14H. The lowest BCUT2D eigenvalue weighted by Crippen LogP contribution is -1.85. The molecule has 0 bridgehead atoms. The van der Waals surface area contributed by atoms with Crippen molar-refractivity contribution in [1.82, 2.24) is 14.6 Å². The molecule has 0 aliphatic rings. The number of aromatic nitrogens is 3. The number of hydrogen-bond donors (Lipinski definition) is 1. The van der Waals surface area contributed by atoms with Gasteiger partial charge in [0.1, 0.15) is 12.1 Å². The molecular formula is C10H7N3O. The summed E-state index contributed by atoms with van der Waals surface area (Å²) in [5, 5.41) is 18.2. The minimum atomic E-state index is 0.249. The molecule has 1 aromatic carbocycles. The molecule has 4 heteroatoms. The Balaban J connectivity index is 2.60. The fraction of sp³-hybridized carbons (Fsp3) is 0. The second kappa shape index (κ2) is 2.45. The summed E-state index contributed by atoms with van der Waals surface area (Å²) >= 11 is 0. The Morgan fingerprint density at radius 2 is 2.00 bits per heavy atom. The Morgan fingerprint density at radius 3 is 2.93 bits per heavy atom. The van der Waals surface area contributed by atoms with Crippen LogP contribution in [-0.2, 0) is 0 Å². The second-order valence-corrected chi connectivity index (χ2v) is 3.14. The van der Waals surface area contributed by atoms with Crippen LogP contribution in [0.2, 0.25) is 0 Å². The molecule has 0 amide bonds. The van der Waals surface area contributed by atoms with E-state index in [1.165, 1.54) is 0 Å². The Hall–Kier alpha value is -2.10. The van der Waals surface area contributed by atoms with Crippen LogP contribution in [0, 0.1) is 0 Å². The highest BCUT2D eigenvalue weighted by Crippen LogP contribution is 2.20. The summed E-state index contributed by atoms with van der Waals surface area (Å²) in [6.07, 6.45) is 1.64. The van der Waals surface area contributed by atoms with Gasteiger partial charge in [-0.3, -0.25) is 4.40 Å². The van der Waals surface area contributed by atoms with E-state index in [1.807, 2.05) is 22.6 Å². The number of rotatable bonds is 0. The average molecular weight is 185 g/mol. The van der Waals surface area contributed by atoms with E-state index in [9.17, 15) is 5.11 Å². The van der Waals surface area contributed by atoms with Gasteiger partial charge in [0.15, 0.2) is 5.65 Å². The van der Waals surface area contributed by atoms with E-state index in [2.05, 4.69) is 10.2 Å². The molecule has 0 saturated heterocycles. The summed E-state index contributed by atoms with van der Waals surface area (Å²) in [6, 6.07) is 9.08. The molecule has 1 N–H and O–H groups in total. The molecule has 0 fully saturated rings. The van der Waals surface area contributed by atoms with E-state index in [4.69, 9.17) is 0 Å². The van der Waals surface area contributed by atoms with Crippen molar-refractivity contribution in [1.29, 1.82) is 0 Å². The lowest BCUT2D eigenvalue weighted by molar-refractivity contribution is 0.476. The lowest BCUT2D eigenvalue weighted by Gasteiger charge is -2.00. The van der Waals surface area contributed by atoms with Gasteiger partial charge >= 0.3 is 0 Å². The predicted octanol–water partition coefficient (Wildman–Crippen LogP) is 1.59. The van der Waals surface area contributed by atoms with E-state index >= 15 is 0 Å². The number of phenols is 1. The third kappa shape index (κ3) is 0.877. The van der Waals surface area contributed by atoms with Crippen LogP contribution in [0.4, 0.5) is 0 Å². The highest BCUT2D eigenvalue weighted by atomic mass is 16.3. The molecule has 0 aliphatic heterocycles. The molecule has 0 aliphatic carbocycles. The van der Waals surface area contributed by atoms with Crippen molar-refractivity contribution in [3.63, 3.8) is 0 Å². The Bertz CT molecular complexity index is 615. The van der Waals surface area contributed by atoms with Crippen molar-refractivity contribution in [3.05, 3.63) is 36.7 Å². The van der Waals surface area contributed by atoms with Gasteiger partial charge in [0, 0.05) is 6.07 Å². The SMILES string of the molecule is Oc1ccc2ccc3nncn3c2c1. The smallest absolute Gasteiger partial charge is 0.161 e. The van der Waals surface area contributed by atoms with Gasteiger partial charge in [0.2, 0.25) is 0 Å². The summed E-state index contributed by atoms with van der Waals surface area (Å²) in [5.41, 5.74) is 1.69. The monoisotopic (exact) mass is 185 g/mol. The van der Waals surface area contributed by atoms with Crippen molar-refractivity contribution >= 4 is 16.6 Å². The Kier molecular flexibility index (Phi) is 1.28. The van der Waals surface area contributed by atoms with Gasteiger partial charge in [0.25, 0.3) is 0 Å². The fourth-order valence-corrected chi connectivity index (χ4v) is 1.59. The maximum absolute atomic E-state index is 9.37. The molecule has 0 unspecified atom stereocenters. The molecule has 14 heavy (non-hydrogen) atoms. The zero-order valence-electron chi connectivity index (χ0n) is 7.25. The molecule has 4 nitrogen and oxygen atoms in total. The minimum Gasteiger partial charge on any atom is -0.508 e. The molecular weight excluding hydrogens is 178 g/mol. The van der Waals surface area contributed by atoms with Crippen molar-refractivity contribution in [2.75, 3.05) is 0 Å². The normalized spacial score (nSPS) is 11.1. The van der Waals surface area contributed by atoms with Crippen LogP contribution in [0.15, 0.2) is 36.7 Å². The summed E-state index contributed by atoms with van der Waals surface area (Å²) in [7, 11) is 0. The van der Waals surface area contributed by atoms with Crippen molar-refractivity contribution in [2.45, 2.75) is 0 Å². The zero-order chi connectivity index (χ0) is 9.54. The van der Waals surface area contributed by atoms with Crippen molar-refractivity contribution < 1.29 is 5.11 Å². The first kappa shape index (κ1) is 7.32. The van der Waals surface area contributed by atoms with Gasteiger partial charge in [-0.15, -0.1) is 10.2 Å². The molecule has 68 valence electrons. The molecule has 3 aromatic rings. The van der Waals surface area contributed by atoms with Crippen LogP contribution in [0.25, 0.3) is 16.6 Å². The van der Waals surface area contributed by atoms with Crippen LogP contribution < -0.4 is 0 Å². The van der Waals surface area contributed by atoms with Gasteiger partial charge in [-0.25, -0.2) is 0 Å². The van der Waals surface area contributed by atoms with E-state index in [-0.39, 0.29) is 5.75 Å². The third-order valence-electron chi connectivity index (χ3n) is 2.26. The predicted molar refractivity (Wildman–Crippen MR) is 52.2 cm³/mol. The summed E-state index contributed by atoms with van der Waals surface area (Å²) < 4.78 is 1.84. The summed E-state index contributed by atoms with van der Waals surface area (Å²) in [5.74, 6) is 0.249. The number of phenolic OH excluding ortho intramolecular Hbond substituents is 1. The maximum Gasteiger partial charge on any atom is 0.161 e. The number of pyridine rings is 1. The van der Waals surface area contributed by atoms with Gasteiger partial charge < -0.3 is 5.11 Å². The Labute approximate surface area is 79.4 Å². The third-order valence-corrected chi connectivity index (χ3v) is 2.26. The largest absolute Gasteiger partial charge is 0.508 e. The van der Waals surface area contributed by atoms with Crippen LogP contribution >= 0.6 is 0 Å². The quantitative estimate of drug-likeness (QED) is 0.578. The molecule has 0 radical (unpaired) electrons. The maximum atomic E-state index is 9.37. The van der Waals surface area contributed by atoms with E-state index in [0.717, 1.165) is 16.6 Å². The highest BCUT2D eigenvalue weighted by molar-refractivity contribution is 5.82. The van der Waals surface area contributed by atoms with Gasteiger partial charge in [-0.1, -0.05) is 0 Å². The number of aromatic hydroxyl groups is 1. The van der Waals surface area contributed by atoms with E-state index in [1.54, 1.807) is 18.5 Å². The first-order chi connectivity index (χ1) is 6.84. The number of hydrogen-bond acceptors (Lipinski definition) is 3. The van der Waals surface area contributed by atoms with Crippen LogP contribution in [0.1, 0.15) is 0 Å². The van der Waals surface area contributed by atoms with Crippen LogP contribution in [-0.4, -0.2) is 19.7 Å².